The molecule has 1 aliphatic carbocycles. The summed E-state index contributed by atoms with van der Waals surface area (Å²) in [5.41, 5.74) is 0.940. The Kier molecular flexibility index (Phi) is 5.44. The second kappa shape index (κ2) is 7.31. The van der Waals surface area contributed by atoms with Gasteiger partial charge in [-0.1, -0.05) is 12.1 Å². The van der Waals surface area contributed by atoms with Crippen LogP contribution in [0.4, 0.5) is 0 Å². The van der Waals surface area contributed by atoms with E-state index in [4.69, 9.17) is 9.47 Å². The van der Waals surface area contributed by atoms with Crippen LogP contribution in [0.3, 0.4) is 0 Å². The van der Waals surface area contributed by atoms with Gasteiger partial charge in [-0.2, -0.15) is 0 Å². The Morgan fingerprint density at radius 1 is 1.33 bits per heavy atom. The van der Waals surface area contributed by atoms with Gasteiger partial charge in [-0.3, -0.25) is 4.79 Å². The normalized spacial score (nSPS) is 13.9. The van der Waals surface area contributed by atoms with E-state index >= 15 is 0 Å². The first-order valence-corrected chi connectivity index (χ1v) is 7.30. The summed E-state index contributed by atoms with van der Waals surface area (Å²) in [7, 11) is 5.03. The lowest BCUT2D eigenvalue weighted by Crippen LogP contribution is -2.35. The molecular formula is C16H24N2O3. The molecule has 0 saturated heterocycles. The van der Waals surface area contributed by atoms with Crippen molar-refractivity contribution in [2.75, 3.05) is 34.4 Å². The molecule has 1 amide bonds. The number of hydrogen-bond acceptors (Lipinski definition) is 4. The molecular weight excluding hydrogens is 268 g/mol. The molecule has 0 atom stereocenters. The van der Waals surface area contributed by atoms with Crippen molar-refractivity contribution in [2.24, 2.45) is 5.92 Å². The number of nitrogens with zero attached hydrogens (tertiary/aromatic N) is 1. The number of ether oxygens (including phenoxy) is 2. The molecule has 0 aliphatic heterocycles. The van der Waals surface area contributed by atoms with Crippen molar-refractivity contribution in [3.05, 3.63) is 23.8 Å². The highest BCUT2D eigenvalue weighted by atomic mass is 16.5. The largest absolute Gasteiger partial charge is 0.493 e. The summed E-state index contributed by atoms with van der Waals surface area (Å²) in [6, 6.07) is 5.70. The molecule has 0 aromatic heterocycles. The van der Waals surface area contributed by atoms with Crippen molar-refractivity contribution in [3.63, 3.8) is 0 Å². The minimum atomic E-state index is 0.0838. The van der Waals surface area contributed by atoms with E-state index in [2.05, 4.69) is 5.32 Å². The van der Waals surface area contributed by atoms with E-state index in [1.165, 1.54) is 12.8 Å². The van der Waals surface area contributed by atoms with Crippen molar-refractivity contribution in [1.82, 2.24) is 10.2 Å². The minimum absolute atomic E-state index is 0.0838. The highest BCUT2D eigenvalue weighted by molar-refractivity contribution is 5.78. The molecule has 1 N–H and O–H groups in total. The van der Waals surface area contributed by atoms with Gasteiger partial charge in [0.15, 0.2) is 11.5 Å². The van der Waals surface area contributed by atoms with Gasteiger partial charge in [-0.05, 0) is 31.4 Å². The molecule has 1 fully saturated rings. The van der Waals surface area contributed by atoms with E-state index < -0.39 is 0 Å². The third kappa shape index (κ3) is 4.36. The van der Waals surface area contributed by atoms with Crippen molar-refractivity contribution in [3.8, 4) is 11.5 Å². The molecule has 0 bridgehead atoms. The second-order valence-electron chi connectivity index (χ2n) is 5.48. The monoisotopic (exact) mass is 292 g/mol. The van der Waals surface area contributed by atoms with Crippen molar-refractivity contribution in [1.29, 1.82) is 0 Å². The summed E-state index contributed by atoms with van der Waals surface area (Å²) in [6.45, 7) is 1.84. The van der Waals surface area contributed by atoms with Gasteiger partial charge in [-0.25, -0.2) is 0 Å². The number of rotatable bonds is 8. The Balaban J connectivity index is 1.91. The number of amides is 1. The molecule has 5 nitrogen and oxygen atoms in total. The van der Waals surface area contributed by atoms with Crippen LogP contribution in [0.1, 0.15) is 18.4 Å². The van der Waals surface area contributed by atoms with Crippen molar-refractivity contribution in [2.45, 2.75) is 19.4 Å². The summed E-state index contributed by atoms with van der Waals surface area (Å²) in [6.07, 6.45) is 2.58. The van der Waals surface area contributed by atoms with E-state index in [1.54, 1.807) is 26.2 Å². The van der Waals surface area contributed by atoms with Gasteiger partial charge in [0.25, 0.3) is 0 Å². The number of nitrogens with one attached hydrogen (secondary N) is 1. The third-order valence-corrected chi connectivity index (χ3v) is 3.72. The Morgan fingerprint density at radius 3 is 2.71 bits per heavy atom. The van der Waals surface area contributed by atoms with Crippen molar-refractivity contribution < 1.29 is 14.3 Å². The maximum atomic E-state index is 12.1. The van der Waals surface area contributed by atoms with Crippen LogP contribution in [0.25, 0.3) is 0 Å². The van der Waals surface area contributed by atoms with E-state index in [-0.39, 0.29) is 5.91 Å². The smallest absolute Gasteiger partial charge is 0.236 e. The second-order valence-corrected chi connectivity index (χ2v) is 5.48. The van der Waals surface area contributed by atoms with Gasteiger partial charge < -0.3 is 19.7 Å². The summed E-state index contributed by atoms with van der Waals surface area (Å²) in [5.74, 6) is 2.23. The minimum Gasteiger partial charge on any atom is -0.493 e. The van der Waals surface area contributed by atoms with Crippen LogP contribution < -0.4 is 14.8 Å². The van der Waals surface area contributed by atoms with Gasteiger partial charge in [-0.15, -0.1) is 0 Å². The number of likely N-dealkylation sites (N-methyl/N-ethyl adjacent to an activating group) is 1. The number of carbonyl (C=O) groups excluding carboxylic acids is 1. The molecule has 2 rings (SSSR count). The van der Waals surface area contributed by atoms with Crippen LogP contribution in [0, 0.1) is 5.92 Å². The predicted octanol–water partition coefficient (Wildman–Crippen LogP) is 1.66. The zero-order chi connectivity index (χ0) is 15.2. The van der Waals surface area contributed by atoms with Gasteiger partial charge >= 0.3 is 0 Å². The van der Waals surface area contributed by atoms with E-state index in [9.17, 15) is 4.79 Å². The van der Waals surface area contributed by atoms with Crippen LogP contribution in [0.5, 0.6) is 11.5 Å². The molecule has 0 heterocycles. The highest BCUT2D eigenvalue weighted by Crippen LogP contribution is 2.31. The van der Waals surface area contributed by atoms with Crippen LogP contribution in [-0.4, -0.2) is 45.2 Å². The lowest BCUT2D eigenvalue weighted by atomic mass is 10.1. The average Bonchev–Trinajstić information content (AvgIpc) is 3.30. The van der Waals surface area contributed by atoms with Crippen molar-refractivity contribution >= 4 is 5.91 Å². The lowest BCUT2D eigenvalue weighted by Gasteiger charge is -2.20. The SMILES string of the molecule is COc1cccc(CN(C)C(=O)CNCC2CC2)c1OC. The highest BCUT2D eigenvalue weighted by Gasteiger charge is 2.21. The van der Waals surface area contributed by atoms with Crippen LogP contribution in [0.15, 0.2) is 18.2 Å². The first-order chi connectivity index (χ1) is 10.2. The Morgan fingerprint density at radius 2 is 2.10 bits per heavy atom. The maximum absolute atomic E-state index is 12.1. The lowest BCUT2D eigenvalue weighted by molar-refractivity contribution is -0.129. The standard InChI is InChI=1S/C16H24N2O3/c1-18(15(19)10-17-9-12-7-8-12)11-13-5-4-6-14(20-2)16(13)21-3/h4-6,12,17H,7-11H2,1-3H3. The summed E-state index contributed by atoms with van der Waals surface area (Å²) >= 11 is 0. The van der Waals surface area contributed by atoms with Crippen LogP contribution in [-0.2, 0) is 11.3 Å². The fraction of sp³-hybridized carbons (Fsp3) is 0.562. The molecule has 0 spiro atoms. The van der Waals surface area contributed by atoms with Gasteiger partial charge in [0.1, 0.15) is 0 Å². The molecule has 116 valence electrons. The first-order valence-electron chi connectivity index (χ1n) is 7.30. The average molecular weight is 292 g/mol. The molecule has 0 unspecified atom stereocenters. The third-order valence-electron chi connectivity index (χ3n) is 3.72. The zero-order valence-corrected chi connectivity index (χ0v) is 13.0. The molecule has 1 aliphatic rings. The number of para-hydroxylation sites is 1. The van der Waals surface area contributed by atoms with Crippen LogP contribution >= 0.6 is 0 Å². The maximum Gasteiger partial charge on any atom is 0.236 e. The summed E-state index contributed by atoms with van der Waals surface area (Å²) in [4.78, 5) is 13.8. The Hall–Kier alpha value is -1.75. The molecule has 0 radical (unpaired) electrons. The fourth-order valence-electron chi connectivity index (χ4n) is 2.26. The first kappa shape index (κ1) is 15.6. The summed E-state index contributed by atoms with van der Waals surface area (Å²) < 4.78 is 10.7. The molecule has 1 saturated carbocycles. The summed E-state index contributed by atoms with van der Waals surface area (Å²) in [5, 5.41) is 3.22. The van der Waals surface area contributed by atoms with E-state index in [1.807, 2.05) is 18.2 Å². The van der Waals surface area contributed by atoms with Gasteiger partial charge in [0, 0.05) is 19.2 Å². The number of hydrogen-bond donors (Lipinski definition) is 1. The Labute approximate surface area is 126 Å². The molecule has 21 heavy (non-hydrogen) atoms. The number of benzene rings is 1. The quantitative estimate of drug-likeness (QED) is 0.792. The zero-order valence-electron chi connectivity index (χ0n) is 13.0. The molecule has 5 heteroatoms. The van der Waals surface area contributed by atoms with Gasteiger partial charge in [0.2, 0.25) is 5.91 Å². The van der Waals surface area contributed by atoms with Crippen LogP contribution in [0.2, 0.25) is 0 Å². The molecule has 1 aromatic rings. The topological polar surface area (TPSA) is 50.8 Å². The van der Waals surface area contributed by atoms with E-state index in [0.717, 1.165) is 18.0 Å². The Bertz CT molecular complexity index is 486. The number of carbonyl (C=O) groups is 1. The van der Waals surface area contributed by atoms with E-state index in [0.29, 0.717) is 24.6 Å². The molecule has 1 aromatic carbocycles. The number of methoxy groups -OCH3 is 2. The van der Waals surface area contributed by atoms with Gasteiger partial charge in [0.05, 0.1) is 20.8 Å². The fourth-order valence-corrected chi connectivity index (χ4v) is 2.26. The predicted molar refractivity (Wildman–Crippen MR) is 81.6 cm³/mol.